The molecule has 0 spiro atoms. The van der Waals surface area contributed by atoms with Crippen molar-refractivity contribution in [1.29, 1.82) is 0 Å². The summed E-state index contributed by atoms with van der Waals surface area (Å²) in [5.41, 5.74) is 8.81. The monoisotopic (exact) mass is 384 g/mol. The fourth-order valence-corrected chi connectivity index (χ4v) is 4.68. The van der Waals surface area contributed by atoms with E-state index in [1.807, 2.05) is 12.1 Å². The Hall–Kier alpha value is -2.25. The molecule has 1 unspecified atom stereocenters. The van der Waals surface area contributed by atoms with Gasteiger partial charge in [0.2, 0.25) is 11.8 Å². The Balaban J connectivity index is 1.35. The third kappa shape index (κ3) is 3.95. The average Bonchev–Trinajstić information content (AvgIpc) is 2.98. The minimum atomic E-state index is -0.560. The number of benzene rings is 1. The summed E-state index contributed by atoms with van der Waals surface area (Å²) in [7, 11) is 0. The number of piperidine rings is 1. The zero-order chi connectivity index (χ0) is 19.7. The van der Waals surface area contributed by atoms with Crippen LogP contribution < -0.4 is 16.4 Å². The maximum atomic E-state index is 12.7. The second-order valence-electron chi connectivity index (χ2n) is 8.32. The van der Waals surface area contributed by atoms with Crippen LogP contribution in [-0.2, 0) is 22.7 Å². The highest BCUT2D eigenvalue weighted by molar-refractivity contribution is 6.05. The van der Waals surface area contributed by atoms with Crippen LogP contribution in [0.5, 0.6) is 0 Å². The number of nitrogens with zero attached hydrogens (tertiary/aromatic N) is 1. The SMILES string of the molecule is N[C@@H]1CCC[C@@H](CNCc2ccc3c(c2)CN(C2CCC(=O)NC2=O)C3=O)C1. The third-order valence-corrected chi connectivity index (χ3v) is 6.17. The van der Waals surface area contributed by atoms with Crippen LogP contribution >= 0.6 is 0 Å². The highest BCUT2D eigenvalue weighted by Gasteiger charge is 2.39. The fraction of sp³-hybridized carbons (Fsp3) is 0.571. The van der Waals surface area contributed by atoms with E-state index in [0.29, 0.717) is 30.5 Å². The fourth-order valence-electron chi connectivity index (χ4n) is 4.68. The van der Waals surface area contributed by atoms with Crippen molar-refractivity contribution in [3.05, 3.63) is 34.9 Å². The van der Waals surface area contributed by atoms with Crippen molar-refractivity contribution in [3.8, 4) is 0 Å². The van der Waals surface area contributed by atoms with Crippen molar-refractivity contribution < 1.29 is 14.4 Å². The summed E-state index contributed by atoms with van der Waals surface area (Å²) in [6, 6.07) is 5.67. The van der Waals surface area contributed by atoms with Crippen LogP contribution in [0.2, 0.25) is 0 Å². The van der Waals surface area contributed by atoms with Gasteiger partial charge in [-0.25, -0.2) is 0 Å². The summed E-state index contributed by atoms with van der Waals surface area (Å²) in [6.07, 6.45) is 5.34. The maximum absolute atomic E-state index is 12.7. The van der Waals surface area contributed by atoms with Crippen LogP contribution in [0.25, 0.3) is 0 Å². The number of rotatable bonds is 5. The second-order valence-corrected chi connectivity index (χ2v) is 8.32. The molecule has 0 radical (unpaired) electrons. The lowest BCUT2D eigenvalue weighted by atomic mass is 9.86. The smallest absolute Gasteiger partial charge is 0.255 e. The molecule has 1 saturated heterocycles. The van der Waals surface area contributed by atoms with E-state index in [1.54, 1.807) is 4.90 Å². The lowest BCUT2D eigenvalue weighted by molar-refractivity contribution is -0.136. The van der Waals surface area contributed by atoms with Gasteiger partial charge in [0.15, 0.2) is 0 Å². The summed E-state index contributed by atoms with van der Waals surface area (Å²) in [5, 5.41) is 5.86. The summed E-state index contributed by atoms with van der Waals surface area (Å²) in [6.45, 7) is 2.14. The number of nitrogens with two attached hydrogens (primary N) is 1. The van der Waals surface area contributed by atoms with E-state index in [9.17, 15) is 14.4 Å². The van der Waals surface area contributed by atoms with Crippen molar-refractivity contribution >= 4 is 17.7 Å². The molecule has 150 valence electrons. The molecule has 28 heavy (non-hydrogen) atoms. The van der Waals surface area contributed by atoms with Gasteiger partial charge >= 0.3 is 0 Å². The minimum Gasteiger partial charge on any atom is -0.328 e. The Kier molecular flexibility index (Phi) is 5.46. The van der Waals surface area contributed by atoms with Gasteiger partial charge in [0.25, 0.3) is 5.91 Å². The molecule has 7 heteroatoms. The molecule has 2 aliphatic heterocycles. The number of nitrogens with one attached hydrogen (secondary N) is 2. The highest BCUT2D eigenvalue weighted by Crippen LogP contribution is 2.28. The van der Waals surface area contributed by atoms with Gasteiger partial charge in [0.05, 0.1) is 0 Å². The van der Waals surface area contributed by atoms with Gasteiger partial charge in [0.1, 0.15) is 6.04 Å². The summed E-state index contributed by atoms with van der Waals surface area (Å²) in [5.74, 6) is -0.120. The zero-order valence-corrected chi connectivity index (χ0v) is 16.1. The van der Waals surface area contributed by atoms with E-state index in [4.69, 9.17) is 5.73 Å². The number of carbonyl (C=O) groups excluding carboxylic acids is 3. The molecule has 7 nitrogen and oxygen atoms in total. The van der Waals surface area contributed by atoms with Crippen LogP contribution in [0.4, 0.5) is 0 Å². The molecule has 4 rings (SSSR count). The highest BCUT2D eigenvalue weighted by atomic mass is 16.2. The molecule has 0 aromatic heterocycles. The molecule has 0 bridgehead atoms. The van der Waals surface area contributed by atoms with Crippen LogP contribution in [-0.4, -0.2) is 41.2 Å². The standard InChI is InChI=1S/C21H28N4O3/c22-16-3-1-2-13(9-16)10-23-11-14-4-5-17-15(8-14)12-25(21(17)28)18-6-7-19(26)24-20(18)27/h4-5,8,13,16,18,23H,1-3,6-7,9-12,22H2,(H,24,26,27)/t13-,16-,18?/m1/s1. The Morgan fingerprint density at radius 3 is 2.82 bits per heavy atom. The van der Waals surface area contributed by atoms with Gasteiger partial charge in [0, 0.05) is 31.1 Å². The van der Waals surface area contributed by atoms with Crippen LogP contribution in [0.3, 0.4) is 0 Å². The summed E-state index contributed by atoms with van der Waals surface area (Å²) in [4.78, 5) is 37.8. The van der Waals surface area contributed by atoms with Crippen molar-refractivity contribution in [3.63, 3.8) is 0 Å². The lowest BCUT2D eigenvalue weighted by Gasteiger charge is -2.29. The Morgan fingerprint density at radius 1 is 1.18 bits per heavy atom. The van der Waals surface area contributed by atoms with Gasteiger partial charge in [-0.2, -0.15) is 0 Å². The topological polar surface area (TPSA) is 105 Å². The van der Waals surface area contributed by atoms with E-state index >= 15 is 0 Å². The maximum Gasteiger partial charge on any atom is 0.255 e. The molecule has 1 aromatic carbocycles. The zero-order valence-electron chi connectivity index (χ0n) is 16.1. The number of hydrogen-bond acceptors (Lipinski definition) is 5. The molecule has 2 heterocycles. The molecule has 4 N–H and O–H groups in total. The summed E-state index contributed by atoms with van der Waals surface area (Å²) < 4.78 is 0. The van der Waals surface area contributed by atoms with E-state index in [2.05, 4.69) is 16.7 Å². The first-order valence-corrected chi connectivity index (χ1v) is 10.2. The van der Waals surface area contributed by atoms with Crippen molar-refractivity contribution in [2.45, 2.75) is 63.7 Å². The molecule has 2 fully saturated rings. The molecule has 1 saturated carbocycles. The molecule has 1 aliphatic carbocycles. The first-order valence-electron chi connectivity index (χ1n) is 10.2. The molecule has 3 aliphatic rings. The number of imide groups is 1. The van der Waals surface area contributed by atoms with Crippen molar-refractivity contribution in [1.82, 2.24) is 15.5 Å². The summed E-state index contributed by atoms with van der Waals surface area (Å²) >= 11 is 0. The Labute approximate surface area is 165 Å². The molecule has 3 atom stereocenters. The molecular formula is C21H28N4O3. The van der Waals surface area contributed by atoms with Gasteiger partial charge in [-0.1, -0.05) is 18.6 Å². The van der Waals surface area contributed by atoms with E-state index in [0.717, 1.165) is 37.1 Å². The van der Waals surface area contributed by atoms with Crippen LogP contribution in [0.15, 0.2) is 18.2 Å². The number of carbonyl (C=O) groups is 3. The minimum absolute atomic E-state index is 0.125. The predicted octanol–water partition coefficient (Wildman–Crippen LogP) is 1.05. The lowest BCUT2D eigenvalue weighted by Crippen LogP contribution is -2.52. The first-order chi connectivity index (χ1) is 13.5. The third-order valence-electron chi connectivity index (χ3n) is 6.17. The number of fused-ring (bicyclic) bond motifs is 1. The number of amides is 3. The van der Waals surface area contributed by atoms with E-state index < -0.39 is 6.04 Å². The normalized spacial score (nSPS) is 27.7. The van der Waals surface area contributed by atoms with E-state index in [1.165, 1.54) is 12.8 Å². The second kappa shape index (κ2) is 8.01. The van der Waals surface area contributed by atoms with Gasteiger partial charge in [-0.3, -0.25) is 19.7 Å². The van der Waals surface area contributed by atoms with E-state index in [-0.39, 0.29) is 24.1 Å². The van der Waals surface area contributed by atoms with Crippen molar-refractivity contribution in [2.24, 2.45) is 11.7 Å². The number of hydrogen-bond donors (Lipinski definition) is 3. The predicted molar refractivity (Wildman–Crippen MR) is 104 cm³/mol. The van der Waals surface area contributed by atoms with Gasteiger partial charge in [-0.15, -0.1) is 0 Å². The molecule has 3 amide bonds. The van der Waals surface area contributed by atoms with Crippen LogP contribution in [0.1, 0.15) is 60.0 Å². The quantitative estimate of drug-likeness (QED) is 0.659. The van der Waals surface area contributed by atoms with Crippen LogP contribution in [0, 0.1) is 5.92 Å². The Morgan fingerprint density at radius 2 is 2.04 bits per heavy atom. The largest absolute Gasteiger partial charge is 0.328 e. The van der Waals surface area contributed by atoms with Gasteiger partial charge in [-0.05, 0) is 55.3 Å². The molecular weight excluding hydrogens is 356 g/mol. The van der Waals surface area contributed by atoms with Gasteiger partial charge < -0.3 is 16.0 Å². The van der Waals surface area contributed by atoms with Crippen molar-refractivity contribution in [2.75, 3.05) is 6.54 Å². The molecule has 1 aromatic rings. The first kappa shape index (κ1) is 19.1. The Bertz CT molecular complexity index is 794. The average molecular weight is 384 g/mol.